The predicted octanol–water partition coefficient (Wildman–Crippen LogP) is 3.11. The van der Waals surface area contributed by atoms with Crippen LogP contribution in [-0.4, -0.2) is 18.0 Å². The van der Waals surface area contributed by atoms with Crippen molar-refractivity contribution in [2.75, 3.05) is 12.4 Å². The average molecular weight is 307 g/mol. The molecule has 0 aliphatic rings. The van der Waals surface area contributed by atoms with Crippen LogP contribution in [0.15, 0.2) is 47.2 Å². The maximum absolute atomic E-state index is 12.0. The summed E-state index contributed by atoms with van der Waals surface area (Å²) in [6, 6.07) is 8.70. The fourth-order valence-electron chi connectivity index (χ4n) is 1.45. The van der Waals surface area contributed by atoms with E-state index < -0.39 is 0 Å². The molecule has 1 N–H and O–H groups in total. The van der Waals surface area contributed by atoms with E-state index in [1.165, 1.54) is 0 Å². The van der Waals surface area contributed by atoms with Gasteiger partial charge in [-0.1, -0.05) is 0 Å². The van der Waals surface area contributed by atoms with E-state index in [0.29, 0.717) is 17.0 Å². The van der Waals surface area contributed by atoms with E-state index in [9.17, 15) is 4.79 Å². The molecule has 2 rings (SSSR count). The lowest BCUT2D eigenvalue weighted by Crippen LogP contribution is -2.11. The lowest BCUT2D eigenvalue weighted by atomic mass is 10.2. The largest absolute Gasteiger partial charge is 0.496 e. The molecule has 1 heterocycles. The summed E-state index contributed by atoms with van der Waals surface area (Å²) in [7, 11) is 1.58. The van der Waals surface area contributed by atoms with E-state index in [4.69, 9.17) is 4.74 Å². The Kier molecular flexibility index (Phi) is 3.94. The highest BCUT2D eigenvalue weighted by Crippen LogP contribution is 2.25. The average Bonchev–Trinajstić information content (AvgIpc) is 2.39. The Morgan fingerprint density at radius 2 is 2.22 bits per heavy atom. The van der Waals surface area contributed by atoms with Gasteiger partial charge in [0.05, 0.1) is 23.5 Å². The summed E-state index contributed by atoms with van der Waals surface area (Å²) >= 11 is 3.34. The highest BCUT2D eigenvalue weighted by atomic mass is 79.9. The number of nitrogens with one attached hydrogen (secondary N) is 1. The number of benzene rings is 1. The second-order valence-corrected chi connectivity index (χ2v) is 4.40. The van der Waals surface area contributed by atoms with Crippen LogP contribution >= 0.6 is 15.9 Å². The van der Waals surface area contributed by atoms with Crippen LogP contribution in [0.25, 0.3) is 0 Å². The normalized spacial score (nSPS) is 9.89. The number of ether oxygens (including phenoxy) is 1. The van der Waals surface area contributed by atoms with E-state index in [0.717, 1.165) is 4.47 Å². The summed E-state index contributed by atoms with van der Waals surface area (Å²) in [6.45, 7) is 0. The van der Waals surface area contributed by atoms with Gasteiger partial charge in [0, 0.05) is 11.8 Å². The number of aromatic nitrogens is 1. The minimum absolute atomic E-state index is 0.189. The van der Waals surface area contributed by atoms with Gasteiger partial charge in [-0.05, 0) is 46.3 Å². The summed E-state index contributed by atoms with van der Waals surface area (Å²) in [4.78, 5) is 15.9. The smallest absolute Gasteiger partial charge is 0.255 e. The number of halogens is 1. The van der Waals surface area contributed by atoms with Gasteiger partial charge in [-0.25, -0.2) is 0 Å². The van der Waals surface area contributed by atoms with Gasteiger partial charge in [0.1, 0.15) is 5.75 Å². The molecular weight excluding hydrogens is 296 g/mol. The highest BCUT2D eigenvalue weighted by molar-refractivity contribution is 9.10. The van der Waals surface area contributed by atoms with Gasteiger partial charge in [0.25, 0.3) is 5.91 Å². The number of carbonyl (C=O) groups is 1. The van der Waals surface area contributed by atoms with Crippen LogP contribution < -0.4 is 10.1 Å². The molecule has 0 bridgehead atoms. The monoisotopic (exact) mass is 306 g/mol. The summed E-state index contributed by atoms with van der Waals surface area (Å²) in [5.74, 6) is 0.499. The van der Waals surface area contributed by atoms with Crippen LogP contribution in [0.5, 0.6) is 5.75 Å². The van der Waals surface area contributed by atoms with Gasteiger partial charge in [-0.3, -0.25) is 9.78 Å². The molecule has 18 heavy (non-hydrogen) atoms. The van der Waals surface area contributed by atoms with Crippen molar-refractivity contribution in [3.63, 3.8) is 0 Å². The number of rotatable bonds is 3. The third kappa shape index (κ3) is 2.87. The second kappa shape index (κ2) is 5.64. The first-order valence-corrected chi connectivity index (χ1v) is 6.05. The van der Waals surface area contributed by atoms with Gasteiger partial charge in [-0.15, -0.1) is 0 Å². The Bertz CT molecular complexity index is 558. The molecule has 1 aromatic carbocycles. The van der Waals surface area contributed by atoms with Crippen LogP contribution in [0.2, 0.25) is 0 Å². The van der Waals surface area contributed by atoms with Crippen LogP contribution in [0.3, 0.4) is 0 Å². The number of nitrogens with zero attached hydrogens (tertiary/aromatic N) is 1. The summed E-state index contributed by atoms with van der Waals surface area (Å²) in [5, 5.41) is 2.76. The van der Waals surface area contributed by atoms with Crippen molar-refractivity contribution in [2.24, 2.45) is 0 Å². The highest BCUT2D eigenvalue weighted by Gasteiger charge is 2.09. The number of hydrogen-bond donors (Lipinski definition) is 1. The first kappa shape index (κ1) is 12.6. The number of pyridine rings is 1. The molecule has 0 fully saturated rings. The topological polar surface area (TPSA) is 51.2 Å². The number of carbonyl (C=O) groups excluding carboxylic acids is 1. The van der Waals surface area contributed by atoms with Crippen LogP contribution in [0.4, 0.5) is 5.69 Å². The van der Waals surface area contributed by atoms with Gasteiger partial charge in [-0.2, -0.15) is 0 Å². The predicted molar refractivity (Wildman–Crippen MR) is 72.9 cm³/mol. The minimum Gasteiger partial charge on any atom is -0.496 e. The zero-order valence-electron chi connectivity index (χ0n) is 9.68. The van der Waals surface area contributed by atoms with E-state index in [-0.39, 0.29) is 5.91 Å². The Labute approximate surface area is 113 Å². The first-order chi connectivity index (χ1) is 8.70. The maximum Gasteiger partial charge on any atom is 0.255 e. The van der Waals surface area contributed by atoms with Crippen LogP contribution in [0, 0.1) is 0 Å². The number of anilines is 1. The molecule has 0 atom stereocenters. The second-order valence-electron chi connectivity index (χ2n) is 3.55. The molecule has 0 radical (unpaired) electrons. The third-order valence-electron chi connectivity index (χ3n) is 2.33. The van der Waals surface area contributed by atoms with Gasteiger partial charge in [0.15, 0.2) is 0 Å². The fourth-order valence-corrected chi connectivity index (χ4v) is 1.99. The van der Waals surface area contributed by atoms with Crippen molar-refractivity contribution in [1.82, 2.24) is 4.98 Å². The molecule has 0 unspecified atom stereocenters. The van der Waals surface area contributed by atoms with E-state index in [1.807, 2.05) is 0 Å². The molecule has 92 valence electrons. The number of amides is 1. The molecule has 1 aromatic heterocycles. The maximum atomic E-state index is 12.0. The van der Waals surface area contributed by atoms with Gasteiger partial charge < -0.3 is 10.1 Å². The van der Waals surface area contributed by atoms with Crippen molar-refractivity contribution in [2.45, 2.75) is 0 Å². The molecule has 0 spiro atoms. The zero-order valence-corrected chi connectivity index (χ0v) is 11.3. The Morgan fingerprint density at radius 3 is 2.83 bits per heavy atom. The first-order valence-electron chi connectivity index (χ1n) is 5.25. The van der Waals surface area contributed by atoms with Crippen molar-refractivity contribution >= 4 is 27.5 Å². The van der Waals surface area contributed by atoms with Crippen LogP contribution in [0.1, 0.15) is 10.4 Å². The number of methoxy groups -OCH3 is 1. The summed E-state index contributed by atoms with van der Waals surface area (Å²) in [6.07, 6.45) is 3.25. The zero-order chi connectivity index (χ0) is 13.0. The van der Waals surface area contributed by atoms with Gasteiger partial charge in [0.2, 0.25) is 0 Å². The minimum atomic E-state index is -0.189. The van der Waals surface area contributed by atoms with Crippen molar-refractivity contribution in [3.8, 4) is 5.75 Å². The molecule has 0 aliphatic heterocycles. The number of hydrogen-bond acceptors (Lipinski definition) is 3. The van der Waals surface area contributed by atoms with Crippen LogP contribution in [-0.2, 0) is 0 Å². The summed E-state index contributed by atoms with van der Waals surface area (Å²) < 4.78 is 5.85. The Morgan fingerprint density at radius 1 is 1.39 bits per heavy atom. The Balaban J connectivity index is 2.17. The van der Waals surface area contributed by atoms with Crippen molar-refractivity contribution in [1.29, 1.82) is 0 Å². The third-order valence-corrected chi connectivity index (χ3v) is 2.95. The molecule has 4 nitrogen and oxygen atoms in total. The van der Waals surface area contributed by atoms with E-state index in [1.54, 1.807) is 49.8 Å². The molecule has 0 saturated carbocycles. The lowest BCUT2D eigenvalue weighted by Gasteiger charge is -2.07. The van der Waals surface area contributed by atoms with E-state index >= 15 is 0 Å². The quantitative estimate of drug-likeness (QED) is 0.948. The summed E-state index contributed by atoms with van der Waals surface area (Å²) in [5.41, 5.74) is 1.21. The molecule has 5 heteroatoms. The Hall–Kier alpha value is -1.88. The van der Waals surface area contributed by atoms with Crippen molar-refractivity contribution in [3.05, 3.63) is 52.8 Å². The fraction of sp³-hybridized carbons (Fsp3) is 0.0769. The van der Waals surface area contributed by atoms with E-state index in [2.05, 4.69) is 26.2 Å². The molecule has 0 aliphatic carbocycles. The van der Waals surface area contributed by atoms with Crippen molar-refractivity contribution < 1.29 is 9.53 Å². The lowest BCUT2D eigenvalue weighted by molar-refractivity contribution is 0.102. The molecular formula is C13H11BrN2O2. The SMILES string of the molecule is COc1ccc(C(=O)Nc2cccnc2)cc1Br. The molecule has 2 aromatic rings. The molecule has 1 amide bonds. The standard InChI is InChI=1S/C13H11BrN2O2/c1-18-12-5-4-9(7-11(12)14)13(17)16-10-3-2-6-15-8-10/h2-8H,1H3,(H,16,17). The molecule has 0 saturated heterocycles. The van der Waals surface area contributed by atoms with Gasteiger partial charge >= 0.3 is 0 Å².